The summed E-state index contributed by atoms with van der Waals surface area (Å²) in [4.78, 5) is 0. The summed E-state index contributed by atoms with van der Waals surface area (Å²) in [6.45, 7) is 2.59. The van der Waals surface area contributed by atoms with Crippen LogP contribution in [0.15, 0.2) is 60.7 Å². The minimum absolute atomic E-state index is 0.384. The Kier molecular flexibility index (Phi) is 4.79. The van der Waals surface area contributed by atoms with Gasteiger partial charge in [0, 0.05) is 5.56 Å². The van der Waals surface area contributed by atoms with Crippen LogP contribution in [0, 0.1) is 0 Å². The van der Waals surface area contributed by atoms with Crippen molar-refractivity contribution in [1.82, 2.24) is 9.78 Å². The summed E-state index contributed by atoms with van der Waals surface area (Å²) in [6.07, 6.45) is -3.62. The van der Waals surface area contributed by atoms with Gasteiger partial charge in [0.25, 0.3) is 0 Å². The molecule has 1 heterocycles. The first-order valence-electron chi connectivity index (χ1n) is 7.95. The molecule has 3 nitrogen and oxygen atoms in total. The lowest BCUT2D eigenvalue weighted by Crippen LogP contribution is -2.07. The van der Waals surface area contributed by atoms with Crippen LogP contribution < -0.4 is 4.74 Å². The summed E-state index contributed by atoms with van der Waals surface area (Å²) in [5.74, 6) is 0.676. The SMILES string of the molecule is CCCOc1ccc(-n2nc(C(F)(F)F)cc2-c2ccccc2)cc1. The zero-order valence-electron chi connectivity index (χ0n) is 13.6. The van der Waals surface area contributed by atoms with Gasteiger partial charge in [-0.25, -0.2) is 4.68 Å². The summed E-state index contributed by atoms with van der Waals surface area (Å²) in [7, 11) is 0. The lowest BCUT2D eigenvalue weighted by atomic mass is 10.1. The number of aromatic nitrogens is 2. The van der Waals surface area contributed by atoms with E-state index in [9.17, 15) is 13.2 Å². The van der Waals surface area contributed by atoms with Gasteiger partial charge in [-0.1, -0.05) is 37.3 Å². The van der Waals surface area contributed by atoms with Gasteiger partial charge in [-0.2, -0.15) is 18.3 Å². The van der Waals surface area contributed by atoms with Crippen molar-refractivity contribution in [3.8, 4) is 22.7 Å². The van der Waals surface area contributed by atoms with Crippen LogP contribution in [0.3, 0.4) is 0 Å². The van der Waals surface area contributed by atoms with Crippen molar-refractivity contribution in [3.63, 3.8) is 0 Å². The van der Waals surface area contributed by atoms with E-state index in [1.54, 1.807) is 48.5 Å². The number of hydrogen-bond acceptors (Lipinski definition) is 2. The Morgan fingerprint density at radius 1 is 1.00 bits per heavy atom. The average Bonchev–Trinajstić information content (AvgIpc) is 3.07. The van der Waals surface area contributed by atoms with Gasteiger partial charge in [0.2, 0.25) is 0 Å². The molecule has 0 unspecified atom stereocenters. The molecule has 0 atom stereocenters. The minimum Gasteiger partial charge on any atom is -0.494 e. The minimum atomic E-state index is -4.50. The lowest BCUT2D eigenvalue weighted by molar-refractivity contribution is -0.141. The summed E-state index contributed by atoms with van der Waals surface area (Å²) in [5.41, 5.74) is 0.669. The Bertz CT molecular complexity index is 824. The number of halogens is 3. The molecule has 0 aliphatic rings. The molecule has 0 saturated heterocycles. The first-order valence-corrected chi connectivity index (χ1v) is 7.95. The number of alkyl halides is 3. The van der Waals surface area contributed by atoms with E-state index < -0.39 is 11.9 Å². The van der Waals surface area contributed by atoms with E-state index in [4.69, 9.17) is 4.74 Å². The van der Waals surface area contributed by atoms with Gasteiger partial charge in [0.15, 0.2) is 5.69 Å². The first-order chi connectivity index (χ1) is 12.0. The van der Waals surface area contributed by atoms with Crippen LogP contribution in [-0.4, -0.2) is 16.4 Å². The molecule has 6 heteroatoms. The van der Waals surface area contributed by atoms with Crippen molar-refractivity contribution in [2.24, 2.45) is 0 Å². The van der Waals surface area contributed by atoms with Crippen LogP contribution in [-0.2, 0) is 6.18 Å². The molecule has 0 amide bonds. The third-order valence-corrected chi connectivity index (χ3v) is 3.62. The largest absolute Gasteiger partial charge is 0.494 e. The van der Waals surface area contributed by atoms with Gasteiger partial charge in [-0.15, -0.1) is 0 Å². The van der Waals surface area contributed by atoms with Crippen LogP contribution in [0.2, 0.25) is 0 Å². The molecule has 0 radical (unpaired) electrons. The Morgan fingerprint density at radius 2 is 1.68 bits per heavy atom. The molecule has 0 spiro atoms. The molecule has 0 N–H and O–H groups in total. The monoisotopic (exact) mass is 346 g/mol. The molecule has 0 aliphatic heterocycles. The second-order valence-electron chi connectivity index (χ2n) is 5.53. The quantitative estimate of drug-likeness (QED) is 0.623. The molecule has 3 aromatic rings. The highest BCUT2D eigenvalue weighted by Gasteiger charge is 2.35. The molecule has 3 rings (SSSR count). The van der Waals surface area contributed by atoms with E-state index in [1.807, 2.05) is 13.0 Å². The van der Waals surface area contributed by atoms with E-state index in [0.29, 0.717) is 29.3 Å². The van der Waals surface area contributed by atoms with Crippen LogP contribution in [0.5, 0.6) is 5.75 Å². The number of benzene rings is 2. The fraction of sp³-hybridized carbons (Fsp3) is 0.211. The van der Waals surface area contributed by atoms with Crippen molar-refractivity contribution >= 4 is 0 Å². The van der Waals surface area contributed by atoms with Gasteiger partial charge in [0.05, 0.1) is 18.0 Å². The molecular formula is C19H17F3N2O. The van der Waals surface area contributed by atoms with Crippen molar-refractivity contribution < 1.29 is 17.9 Å². The van der Waals surface area contributed by atoms with E-state index in [0.717, 1.165) is 12.5 Å². The predicted molar refractivity (Wildman–Crippen MR) is 89.8 cm³/mol. The average molecular weight is 346 g/mol. The van der Waals surface area contributed by atoms with Gasteiger partial charge in [-0.3, -0.25) is 0 Å². The third-order valence-electron chi connectivity index (χ3n) is 3.62. The Morgan fingerprint density at radius 3 is 2.28 bits per heavy atom. The van der Waals surface area contributed by atoms with E-state index in [1.165, 1.54) is 4.68 Å². The Labute approximate surface area is 143 Å². The fourth-order valence-corrected chi connectivity index (χ4v) is 2.43. The standard InChI is InChI=1S/C19H17F3N2O/c1-2-12-25-16-10-8-15(9-11-16)24-17(14-6-4-3-5-7-14)13-18(23-24)19(20,21)22/h3-11,13H,2,12H2,1H3. The highest BCUT2D eigenvalue weighted by atomic mass is 19.4. The molecule has 0 bridgehead atoms. The van der Waals surface area contributed by atoms with Crippen molar-refractivity contribution in [2.75, 3.05) is 6.61 Å². The van der Waals surface area contributed by atoms with Crippen molar-refractivity contribution in [1.29, 1.82) is 0 Å². The van der Waals surface area contributed by atoms with E-state index >= 15 is 0 Å². The van der Waals surface area contributed by atoms with Crippen LogP contribution in [0.1, 0.15) is 19.0 Å². The van der Waals surface area contributed by atoms with Crippen LogP contribution >= 0.6 is 0 Å². The summed E-state index contributed by atoms with van der Waals surface area (Å²) in [5, 5.41) is 3.77. The first kappa shape index (κ1) is 17.1. The maximum Gasteiger partial charge on any atom is 0.435 e. The lowest BCUT2D eigenvalue weighted by Gasteiger charge is -2.09. The highest BCUT2D eigenvalue weighted by molar-refractivity contribution is 5.63. The Balaban J connectivity index is 2.03. The second-order valence-corrected chi connectivity index (χ2v) is 5.53. The smallest absolute Gasteiger partial charge is 0.435 e. The van der Waals surface area contributed by atoms with Gasteiger partial charge >= 0.3 is 6.18 Å². The Hall–Kier alpha value is -2.76. The van der Waals surface area contributed by atoms with Gasteiger partial charge in [0.1, 0.15) is 5.75 Å². The molecule has 0 saturated carbocycles. The van der Waals surface area contributed by atoms with Gasteiger partial charge in [-0.05, 0) is 36.8 Å². The second kappa shape index (κ2) is 7.01. The normalized spacial score (nSPS) is 11.5. The van der Waals surface area contributed by atoms with Gasteiger partial charge < -0.3 is 4.74 Å². The summed E-state index contributed by atoms with van der Waals surface area (Å²) >= 11 is 0. The van der Waals surface area contributed by atoms with Crippen molar-refractivity contribution in [2.45, 2.75) is 19.5 Å². The molecule has 0 aliphatic carbocycles. The number of ether oxygens (including phenoxy) is 1. The van der Waals surface area contributed by atoms with E-state index in [-0.39, 0.29) is 0 Å². The maximum absolute atomic E-state index is 13.1. The van der Waals surface area contributed by atoms with Crippen molar-refractivity contribution in [3.05, 3.63) is 66.4 Å². The zero-order valence-corrected chi connectivity index (χ0v) is 13.6. The third kappa shape index (κ3) is 3.84. The van der Waals surface area contributed by atoms with Crippen LogP contribution in [0.4, 0.5) is 13.2 Å². The van der Waals surface area contributed by atoms with Crippen LogP contribution in [0.25, 0.3) is 16.9 Å². The van der Waals surface area contributed by atoms with E-state index in [2.05, 4.69) is 5.10 Å². The topological polar surface area (TPSA) is 27.1 Å². The summed E-state index contributed by atoms with van der Waals surface area (Å²) < 4.78 is 46.2. The molecule has 25 heavy (non-hydrogen) atoms. The highest BCUT2D eigenvalue weighted by Crippen LogP contribution is 2.33. The number of rotatable bonds is 5. The maximum atomic E-state index is 13.1. The number of nitrogens with zero attached hydrogens (tertiary/aromatic N) is 2. The molecule has 1 aromatic heterocycles. The summed E-state index contributed by atoms with van der Waals surface area (Å²) in [6, 6.07) is 16.8. The molecule has 2 aromatic carbocycles. The zero-order chi connectivity index (χ0) is 17.9. The molecular weight excluding hydrogens is 329 g/mol. The molecule has 130 valence electrons. The number of hydrogen-bond donors (Lipinski definition) is 0. The predicted octanol–water partition coefficient (Wildman–Crippen LogP) is 5.35. The molecule has 0 fully saturated rings. The fourth-order valence-electron chi connectivity index (χ4n) is 2.43.